The fraction of sp³-hybridized carbons (Fsp3) is 0. The molecule has 0 fully saturated rings. The third-order valence-electron chi connectivity index (χ3n) is 11.5. The third kappa shape index (κ3) is 5.00. The van der Waals surface area contributed by atoms with Gasteiger partial charge in [-0.2, -0.15) is 0 Å². The predicted molar refractivity (Wildman–Crippen MR) is 240 cm³/mol. The lowest BCUT2D eigenvalue weighted by molar-refractivity contribution is 1.08. The summed E-state index contributed by atoms with van der Waals surface area (Å²) in [5.74, 6) is 1.89. The molecule has 9 aromatic carbocycles. The normalized spacial score (nSPS) is 11.8. The number of hydrogen-bond donors (Lipinski definition) is 0. The van der Waals surface area contributed by atoms with Crippen LogP contribution in [0.5, 0.6) is 0 Å². The van der Waals surface area contributed by atoms with E-state index >= 15 is 0 Å². The second-order valence-electron chi connectivity index (χ2n) is 14.8. The van der Waals surface area contributed by atoms with Crippen molar-refractivity contribution >= 4 is 65.2 Å². The van der Waals surface area contributed by atoms with E-state index in [0.29, 0.717) is 17.5 Å². The lowest BCUT2D eigenvalue weighted by Crippen LogP contribution is -2.01. The van der Waals surface area contributed by atoms with E-state index < -0.39 is 0 Å². The van der Waals surface area contributed by atoms with E-state index in [1.165, 1.54) is 38.0 Å². The molecule has 0 amide bonds. The Labute approximate surface area is 333 Å². The standard InChI is InChI=1S/C53H33N5/c1-3-15-34(16-4-1)51-54-52(37-29-30-49-44(32-37)41-21-9-11-26-46(41)57(49)38-19-5-2-6-20-38)56-53(55-51)43-25-13-24-40-39(43)23-14-28-48(40)58-47-27-12-10-22-42(47)45-31-35-17-7-8-18-36(35)33-50(45)58/h1-33H. The average molecular weight is 740 g/mol. The highest BCUT2D eigenvalue weighted by Gasteiger charge is 2.20. The highest BCUT2D eigenvalue weighted by Crippen LogP contribution is 2.40. The summed E-state index contributed by atoms with van der Waals surface area (Å²) in [6.45, 7) is 0. The van der Waals surface area contributed by atoms with Crippen LogP contribution < -0.4 is 0 Å². The van der Waals surface area contributed by atoms with Crippen LogP contribution in [0, 0.1) is 0 Å². The summed E-state index contributed by atoms with van der Waals surface area (Å²) in [6.07, 6.45) is 0. The number of para-hydroxylation sites is 3. The fourth-order valence-corrected chi connectivity index (χ4v) is 8.91. The zero-order chi connectivity index (χ0) is 38.2. The first-order chi connectivity index (χ1) is 28.8. The Morgan fingerprint density at radius 1 is 0.293 bits per heavy atom. The topological polar surface area (TPSA) is 48.5 Å². The number of rotatable bonds is 5. The number of aromatic nitrogens is 5. The van der Waals surface area contributed by atoms with Gasteiger partial charge in [0.2, 0.25) is 0 Å². The molecule has 0 radical (unpaired) electrons. The number of benzene rings is 9. The minimum absolute atomic E-state index is 0.629. The van der Waals surface area contributed by atoms with Gasteiger partial charge in [-0.15, -0.1) is 0 Å². The summed E-state index contributed by atoms with van der Waals surface area (Å²) >= 11 is 0. The molecular formula is C53H33N5. The number of fused-ring (bicyclic) bond motifs is 8. The zero-order valence-electron chi connectivity index (χ0n) is 31.3. The van der Waals surface area contributed by atoms with Crippen LogP contribution in [0.15, 0.2) is 200 Å². The Balaban J connectivity index is 1.08. The van der Waals surface area contributed by atoms with Crippen molar-refractivity contribution in [3.8, 4) is 45.5 Å². The minimum Gasteiger partial charge on any atom is -0.309 e. The zero-order valence-corrected chi connectivity index (χ0v) is 31.3. The van der Waals surface area contributed by atoms with Crippen LogP contribution >= 0.6 is 0 Å². The lowest BCUT2D eigenvalue weighted by atomic mass is 10.0. The molecule has 5 heteroatoms. The highest BCUT2D eigenvalue weighted by atomic mass is 15.0. The molecule has 12 rings (SSSR count). The maximum Gasteiger partial charge on any atom is 0.164 e. The van der Waals surface area contributed by atoms with Crippen molar-refractivity contribution in [1.82, 2.24) is 24.1 Å². The van der Waals surface area contributed by atoms with Crippen molar-refractivity contribution in [2.75, 3.05) is 0 Å². The Morgan fingerprint density at radius 2 is 0.845 bits per heavy atom. The molecule has 5 nitrogen and oxygen atoms in total. The van der Waals surface area contributed by atoms with Gasteiger partial charge >= 0.3 is 0 Å². The molecule has 0 unspecified atom stereocenters. The van der Waals surface area contributed by atoms with Gasteiger partial charge in [0.05, 0.1) is 27.8 Å². The van der Waals surface area contributed by atoms with E-state index in [1.54, 1.807) is 0 Å². The first-order valence-electron chi connectivity index (χ1n) is 19.6. The van der Waals surface area contributed by atoms with Gasteiger partial charge < -0.3 is 9.13 Å². The van der Waals surface area contributed by atoms with Gasteiger partial charge in [0.1, 0.15) is 0 Å². The van der Waals surface area contributed by atoms with Crippen LogP contribution in [0.25, 0.3) is 111 Å². The summed E-state index contributed by atoms with van der Waals surface area (Å²) in [5, 5.41) is 9.44. The van der Waals surface area contributed by atoms with Crippen molar-refractivity contribution in [1.29, 1.82) is 0 Å². The maximum absolute atomic E-state index is 5.29. The molecule has 0 N–H and O–H groups in total. The Morgan fingerprint density at radius 3 is 1.62 bits per heavy atom. The molecule has 0 aliphatic rings. The maximum atomic E-state index is 5.29. The summed E-state index contributed by atoms with van der Waals surface area (Å²) < 4.78 is 4.74. The number of hydrogen-bond acceptors (Lipinski definition) is 3. The van der Waals surface area contributed by atoms with Gasteiger partial charge in [-0.25, -0.2) is 15.0 Å². The Bertz CT molecular complexity index is 3560. The summed E-state index contributed by atoms with van der Waals surface area (Å²) in [6, 6.07) is 70.9. The van der Waals surface area contributed by atoms with Crippen LogP contribution in [0.2, 0.25) is 0 Å². The van der Waals surface area contributed by atoms with E-state index in [4.69, 9.17) is 15.0 Å². The van der Waals surface area contributed by atoms with Crippen molar-refractivity contribution in [3.63, 3.8) is 0 Å². The second-order valence-corrected chi connectivity index (χ2v) is 14.8. The Kier molecular flexibility index (Phi) is 7.16. The molecular weight excluding hydrogens is 707 g/mol. The molecule has 0 aliphatic heterocycles. The van der Waals surface area contributed by atoms with Gasteiger partial charge in [-0.1, -0.05) is 140 Å². The fourth-order valence-electron chi connectivity index (χ4n) is 8.91. The molecule has 270 valence electrons. The molecule has 3 heterocycles. The summed E-state index contributed by atoms with van der Waals surface area (Å²) in [4.78, 5) is 15.6. The Hall–Kier alpha value is -7.89. The SMILES string of the molecule is c1ccc(-c2nc(-c3ccc4c(c3)c3ccccc3n4-c3ccccc3)nc(-c3cccc4c(-n5c6ccccc6c6cc7ccccc7cc65)cccc34)n2)cc1. The minimum atomic E-state index is 0.629. The van der Waals surface area contributed by atoms with Crippen LogP contribution in [-0.4, -0.2) is 24.1 Å². The second kappa shape index (κ2) is 12.8. The van der Waals surface area contributed by atoms with E-state index in [1.807, 2.05) is 18.2 Å². The van der Waals surface area contributed by atoms with Gasteiger partial charge in [0.25, 0.3) is 0 Å². The quantitative estimate of drug-likeness (QED) is 0.177. The van der Waals surface area contributed by atoms with Crippen LogP contribution in [-0.2, 0) is 0 Å². The molecule has 58 heavy (non-hydrogen) atoms. The monoisotopic (exact) mass is 739 g/mol. The van der Waals surface area contributed by atoms with Gasteiger partial charge in [0, 0.05) is 49.3 Å². The van der Waals surface area contributed by atoms with Crippen LogP contribution in [0.1, 0.15) is 0 Å². The summed E-state index contributed by atoms with van der Waals surface area (Å²) in [7, 11) is 0. The van der Waals surface area contributed by atoms with Crippen molar-refractivity contribution in [2.24, 2.45) is 0 Å². The van der Waals surface area contributed by atoms with Crippen molar-refractivity contribution in [3.05, 3.63) is 200 Å². The smallest absolute Gasteiger partial charge is 0.164 e. The van der Waals surface area contributed by atoms with Crippen molar-refractivity contribution in [2.45, 2.75) is 0 Å². The summed E-state index contributed by atoms with van der Waals surface area (Å²) in [5.41, 5.74) is 9.69. The molecule has 0 saturated heterocycles. The first kappa shape index (κ1) is 32.4. The van der Waals surface area contributed by atoms with E-state index in [0.717, 1.165) is 55.3 Å². The van der Waals surface area contributed by atoms with Gasteiger partial charge in [0.15, 0.2) is 17.5 Å². The van der Waals surface area contributed by atoms with E-state index in [2.05, 4.69) is 191 Å². The third-order valence-corrected chi connectivity index (χ3v) is 11.5. The molecule has 0 atom stereocenters. The molecule has 0 spiro atoms. The first-order valence-corrected chi connectivity index (χ1v) is 19.6. The molecule has 0 aliphatic carbocycles. The molecule has 0 saturated carbocycles. The predicted octanol–water partition coefficient (Wildman–Crippen LogP) is 13.4. The molecule has 3 aromatic heterocycles. The highest BCUT2D eigenvalue weighted by molar-refractivity contribution is 6.15. The van der Waals surface area contributed by atoms with Gasteiger partial charge in [-0.05, 0) is 76.8 Å². The average Bonchev–Trinajstić information content (AvgIpc) is 3.80. The number of nitrogens with zero attached hydrogens (tertiary/aromatic N) is 5. The van der Waals surface area contributed by atoms with Gasteiger partial charge in [-0.3, -0.25) is 0 Å². The lowest BCUT2D eigenvalue weighted by Gasteiger charge is -2.15. The largest absolute Gasteiger partial charge is 0.309 e. The molecule has 0 bridgehead atoms. The van der Waals surface area contributed by atoms with Crippen LogP contribution in [0.3, 0.4) is 0 Å². The van der Waals surface area contributed by atoms with E-state index in [9.17, 15) is 0 Å². The van der Waals surface area contributed by atoms with Crippen molar-refractivity contribution < 1.29 is 0 Å². The molecule has 12 aromatic rings. The van der Waals surface area contributed by atoms with Crippen LogP contribution in [0.4, 0.5) is 0 Å². The van der Waals surface area contributed by atoms with E-state index in [-0.39, 0.29) is 0 Å².